The molecule has 19 N–H and O–H groups in total. The number of aliphatic imine (C=N–C) groups is 12. The number of nitrogens with zero attached hydrogens (tertiary/aromatic N) is 17. The lowest BCUT2D eigenvalue weighted by atomic mass is 9.76. The van der Waals surface area contributed by atoms with E-state index in [1.54, 1.807) is 20.1 Å². The molecule has 13 bridgehead atoms. The molecule has 3 fully saturated rings. The fourth-order valence-corrected chi connectivity index (χ4v) is 20.3. The van der Waals surface area contributed by atoms with Crippen LogP contribution < -0.4 is 5.32 Å². The van der Waals surface area contributed by atoms with Crippen LogP contribution in [0.4, 0.5) is 0 Å². The normalized spacial score (nSPS) is 31.9. The predicted molar refractivity (Wildman–Crippen MR) is 498 cm³/mol. The number of nitrogens with one attached hydrogen (secondary N) is 1. The smallest absolute Gasteiger partial charge is 0.357 e. The summed E-state index contributed by atoms with van der Waals surface area (Å²) in [5.74, 6) is -12.3. The molecule has 7 aliphatic heterocycles. The van der Waals surface area contributed by atoms with Crippen molar-refractivity contribution < 1.29 is 130 Å². The molecule has 24 unspecified atom stereocenters. The zero-order valence-electron chi connectivity index (χ0n) is 73.6. The summed E-state index contributed by atoms with van der Waals surface area (Å²) >= 11 is 4.50. The number of fused-ring (bicyclic) bond motifs is 8. The molecular formula is C84H104N18O26S5. The van der Waals surface area contributed by atoms with Crippen molar-refractivity contribution in [2.45, 2.75) is 239 Å². The number of esters is 2. The lowest BCUT2D eigenvalue weighted by Crippen LogP contribution is -2.63. The van der Waals surface area contributed by atoms with Gasteiger partial charge >= 0.3 is 11.9 Å². The molecule has 4 aromatic rings. The van der Waals surface area contributed by atoms with Crippen LogP contribution in [0.5, 0.6) is 0 Å². The zero-order chi connectivity index (χ0) is 97.2. The third-order valence-corrected chi connectivity index (χ3v) is 27.7. The molecule has 0 amide bonds. The number of hydrogen-bond acceptors (Lipinski definition) is 39. The van der Waals surface area contributed by atoms with Crippen molar-refractivity contribution in [3.8, 4) is 0 Å². The van der Waals surface area contributed by atoms with E-state index in [2.05, 4.69) is 88.1 Å². The third kappa shape index (κ3) is 21.4. The molecule has 0 aromatic carbocycles. The van der Waals surface area contributed by atoms with Gasteiger partial charge in [-0.25, -0.2) is 89.3 Å². The molecule has 8 aliphatic rings. The number of aromatic nitrogens is 4. The Balaban J connectivity index is 1.09. The predicted octanol–water partition coefficient (Wildman–Crippen LogP) is 7.28. The average molecular weight is 1940 g/mol. The molecular weight excluding hydrogens is 1840 g/mol. The van der Waals surface area contributed by atoms with Gasteiger partial charge in [-0.1, -0.05) is 58.0 Å². The van der Waals surface area contributed by atoms with Gasteiger partial charge in [0.05, 0.1) is 102 Å². The summed E-state index contributed by atoms with van der Waals surface area (Å²) in [6.45, 7) is 30.5. The minimum Gasteiger partial charge on any atom is -0.495 e. The Morgan fingerprint density at radius 1 is 0.774 bits per heavy atom. The third-order valence-electron chi connectivity index (χ3n) is 23.0. The second-order valence-corrected chi connectivity index (χ2v) is 36.8. The Bertz CT molecular complexity index is 5640. The van der Waals surface area contributed by atoms with Crippen LogP contribution in [0.2, 0.25) is 0 Å². The van der Waals surface area contributed by atoms with Crippen LogP contribution in [0.3, 0.4) is 0 Å². The zero-order valence-corrected chi connectivity index (χ0v) is 77.7. The number of methoxy groups -OCH3 is 1. The topological polar surface area (TPSA) is 669 Å². The molecule has 1 aliphatic carbocycles. The molecule has 49 heteroatoms. The number of piperidine rings is 1. The van der Waals surface area contributed by atoms with Crippen molar-refractivity contribution in [3.63, 3.8) is 0 Å². The van der Waals surface area contributed by atoms with Gasteiger partial charge in [0.15, 0.2) is 18.6 Å². The number of thioether (sulfide) groups is 2. The number of pyridine rings is 1. The maximum atomic E-state index is 15.5. The van der Waals surface area contributed by atoms with Gasteiger partial charge in [-0.15, -0.1) is 57.5 Å². The summed E-state index contributed by atoms with van der Waals surface area (Å²) in [6, 6.07) is -10.9. The lowest BCUT2D eigenvalue weighted by molar-refractivity contribution is -0.310. The Labute approximate surface area is 781 Å². The van der Waals surface area contributed by atoms with Gasteiger partial charge in [0.1, 0.15) is 120 Å². The molecule has 4 aromatic heterocycles. The quantitative estimate of drug-likeness (QED) is 0.0240. The minimum atomic E-state index is -2.65. The molecule has 24 atom stereocenters. The fraction of sp³-hybridized carbons (Fsp3) is 0.500. The molecule has 0 saturated carbocycles. The van der Waals surface area contributed by atoms with E-state index < -0.39 is 262 Å². The molecule has 44 nitrogen and oxygen atoms in total. The molecule has 716 valence electrons. The summed E-state index contributed by atoms with van der Waals surface area (Å²) in [5.41, 5.74) is -12.2. The number of carbonyl (C=O) groups excluding carboxylic acids is 2. The number of aliphatic hydroxyl groups excluding tert-OH is 17. The summed E-state index contributed by atoms with van der Waals surface area (Å²) in [6.07, 6.45) is -12.1. The van der Waals surface area contributed by atoms with Gasteiger partial charge in [-0.2, -0.15) is 0 Å². The first-order valence-corrected chi connectivity index (χ1v) is 46.4. The molecule has 12 rings (SSSR count). The Kier molecular flexibility index (Phi) is 31.7. The van der Waals surface area contributed by atoms with Gasteiger partial charge in [0, 0.05) is 40.3 Å². The van der Waals surface area contributed by atoms with Crippen LogP contribution in [0, 0.1) is 0 Å². The van der Waals surface area contributed by atoms with Crippen LogP contribution in [-0.2, 0) is 38.8 Å². The van der Waals surface area contributed by atoms with Crippen molar-refractivity contribution in [1.82, 2.24) is 30.2 Å². The number of rotatable bonds is 15. The summed E-state index contributed by atoms with van der Waals surface area (Å²) in [7, 11) is 1.01. The SMILES string of the molecule is C=C(N=C(O)C(=C)N=C(O)C1(CO)N=C(SC)C2CCC34N=C(O)C(=C)N=C(O)C(=C)N=C(O)C(=C)N=C(O)C(C(C)OC5CC(OC6CC(O)C(O)C(C)O6)C(O)C(C)O5)NC5C=Cc6c(C(C)O)cc(nc6C5O)C(=O)OC(C)C(N=C(O)c5csc(n5)C(C(C)(O)CC)N=C(O)C5CSC(=N5)C(=CC)N=C(O)C(C(C)O)N=C(O)c5csc3n5)c3nc(cs3)C4N21)C(=O)OC. The van der Waals surface area contributed by atoms with Crippen molar-refractivity contribution in [3.05, 3.63) is 156 Å². The Morgan fingerprint density at radius 2 is 1.43 bits per heavy atom. The highest BCUT2D eigenvalue weighted by molar-refractivity contribution is 8.14. The number of ether oxygens (including phenoxy) is 6. The highest BCUT2D eigenvalue weighted by Crippen LogP contribution is 2.58. The molecule has 0 radical (unpaired) electrons. The number of aliphatic hydroxyl groups is 18. The largest absolute Gasteiger partial charge is 0.495 e. The second-order valence-electron chi connectivity index (χ2n) is 32.3. The van der Waals surface area contributed by atoms with Gasteiger partial charge in [-0.3, -0.25) is 10.3 Å². The lowest BCUT2D eigenvalue weighted by Gasteiger charge is -2.51. The molecule has 11 heterocycles. The molecule has 3 saturated heterocycles. The molecule has 0 spiro atoms. The van der Waals surface area contributed by atoms with E-state index in [0.29, 0.717) is 0 Å². The summed E-state index contributed by atoms with van der Waals surface area (Å²) < 4.78 is 35.7. The highest BCUT2D eigenvalue weighted by atomic mass is 32.2. The maximum Gasteiger partial charge on any atom is 0.357 e. The number of thiazole rings is 3. The van der Waals surface area contributed by atoms with Crippen molar-refractivity contribution >= 4 is 145 Å². The van der Waals surface area contributed by atoms with Crippen LogP contribution >= 0.6 is 57.5 Å². The standard InChI is InChI=1S/C84H104N18O26S5/c1-17-44-74-94-49(27-130-74)71(116)99-63(82(14,122)18-2)77-95-48(28-132-77)69(114)98-58-39(11)127-79(120)46-23-43(36(8)104)42-19-20-45(62(109)59(42)91-46)90-57(38(10)124-55-25-53(61(108)41(13)126-55)128-54-24-52(106)60(107)40(12)125-54)73(118)87-32(4)66(111)85-31(3)65(110)86-34(6)68(113)100-83(81-96-50(29-133-81)70(115)97-56(37(9)105)72(117)92-44)22-21-51-75(129-16)101-84(30-103,102(51)64(83)47-26-131-76(58)93-47)80(121)89-33(5)67(112)88-35(7)78(119)123-15/h17,19-20,23,26,28-29,36-41,45,49,51-58,60-64,90,103-109,122H,3-7,18,21-22,24-25,27,30H2,1-2,8-16H3,(H,85,111)(H,86,110)(H,87,118)(H,88,112)(H,89,121)(H,92,117)(H,97,115)(H,98,114)(H,99,116)(H,100,113). The van der Waals surface area contributed by atoms with Gasteiger partial charge in [0.2, 0.25) is 64.6 Å². The van der Waals surface area contributed by atoms with E-state index in [1.807, 2.05) is 0 Å². The van der Waals surface area contributed by atoms with Crippen molar-refractivity contribution in [2.75, 3.05) is 25.7 Å². The summed E-state index contributed by atoms with van der Waals surface area (Å²) in [4.78, 5) is 102. The highest BCUT2D eigenvalue weighted by Gasteiger charge is 2.65. The van der Waals surface area contributed by atoms with Crippen LogP contribution in [0.25, 0.3) is 6.08 Å². The van der Waals surface area contributed by atoms with E-state index in [4.69, 9.17) is 58.4 Å². The van der Waals surface area contributed by atoms with E-state index in [-0.39, 0.29) is 96.9 Å². The summed E-state index contributed by atoms with van der Waals surface area (Å²) in [5, 5.41) is 222. The van der Waals surface area contributed by atoms with Gasteiger partial charge < -0.3 is 120 Å². The van der Waals surface area contributed by atoms with Gasteiger partial charge in [-0.05, 0) is 92.5 Å². The monoisotopic (exact) mass is 1940 g/mol. The number of carbonyl (C=O) groups is 2. The van der Waals surface area contributed by atoms with Crippen LogP contribution in [0.1, 0.15) is 184 Å². The second kappa shape index (κ2) is 41.7. The minimum absolute atomic E-state index is 0.00437. The van der Waals surface area contributed by atoms with Crippen molar-refractivity contribution in [2.24, 2.45) is 59.9 Å². The number of cyclic esters (lactones) is 1. The van der Waals surface area contributed by atoms with E-state index in [0.717, 1.165) is 64.6 Å². The first-order valence-electron chi connectivity index (χ1n) is 41.5. The van der Waals surface area contributed by atoms with E-state index in [1.165, 1.54) is 93.8 Å². The number of hydrogen-bond donors (Lipinski definition) is 19. The average Bonchev–Trinajstić information content (AvgIpc) is 1.55. The van der Waals surface area contributed by atoms with E-state index >= 15 is 4.79 Å². The Hall–Kier alpha value is -10.7. The maximum absolute atomic E-state index is 15.5. The van der Waals surface area contributed by atoms with Crippen LogP contribution in [0.15, 0.2) is 161 Å². The van der Waals surface area contributed by atoms with Crippen LogP contribution in [-0.4, -0.2) is 332 Å². The van der Waals surface area contributed by atoms with Crippen molar-refractivity contribution in [1.29, 1.82) is 0 Å². The number of allylic oxidation sites excluding steroid dienone is 1. The molecule has 133 heavy (non-hydrogen) atoms. The van der Waals surface area contributed by atoms with E-state index in [9.17, 15) is 96.7 Å². The first-order chi connectivity index (χ1) is 62.8. The Morgan fingerprint density at radius 3 is 2.08 bits per heavy atom. The fourth-order valence-electron chi connectivity index (χ4n) is 15.6. The van der Waals surface area contributed by atoms with Gasteiger partial charge in [0.25, 0.3) is 0 Å². The first kappa shape index (κ1) is 101.